The number of carbonyl (C=O) groups is 1. The first-order valence-electron chi connectivity index (χ1n) is 5.82. The molecule has 0 saturated heterocycles. The minimum Gasteiger partial charge on any atom is -0.294 e. The maximum Gasteiger partial charge on any atom is 0.162 e. The van der Waals surface area contributed by atoms with E-state index >= 15 is 0 Å². The molecule has 1 unspecified atom stereocenters. The molecular formula is C15H15ClO. The van der Waals surface area contributed by atoms with Crippen molar-refractivity contribution in [1.82, 2.24) is 0 Å². The van der Waals surface area contributed by atoms with Gasteiger partial charge in [-0.15, -0.1) is 6.58 Å². The highest BCUT2D eigenvalue weighted by atomic mass is 35.5. The Balaban J connectivity index is 2.16. The molecule has 0 N–H and O–H groups in total. The molecular weight excluding hydrogens is 232 g/mol. The van der Waals surface area contributed by atoms with Crippen LogP contribution in [0.4, 0.5) is 0 Å². The lowest BCUT2D eigenvalue weighted by Gasteiger charge is -2.02. The van der Waals surface area contributed by atoms with Crippen LogP contribution in [0.15, 0.2) is 42.5 Å². The van der Waals surface area contributed by atoms with Gasteiger partial charge in [-0.05, 0) is 48.6 Å². The fourth-order valence-electron chi connectivity index (χ4n) is 2.18. The first-order chi connectivity index (χ1) is 8.20. The number of carbonyl (C=O) groups excluding carboxylic acids is 1. The van der Waals surface area contributed by atoms with Crippen LogP contribution < -0.4 is 0 Å². The zero-order valence-electron chi connectivity index (χ0n) is 9.66. The zero-order chi connectivity index (χ0) is 12.3. The van der Waals surface area contributed by atoms with E-state index in [9.17, 15) is 4.79 Å². The summed E-state index contributed by atoms with van der Waals surface area (Å²) < 4.78 is 0. The Kier molecular flexibility index (Phi) is 3.80. The lowest BCUT2D eigenvalue weighted by Crippen LogP contribution is -2.06. The Labute approximate surface area is 107 Å². The summed E-state index contributed by atoms with van der Waals surface area (Å²) in [5, 5.41) is 0.717. The third-order valence-corrected chi connectivity index (χ3v) is 3.36. The Hall–Kier alpha value is -1.34. The quantitative estimate of drug-likeness (QED) is 0.575. The maximum absolute atomic E-state index is 12.0. The fraction of sp³-hybridized carbons (Fsp3) is 0.267. The van der Waals surface area contributed by atoms with Crippen molar-refractivity contribution in [2.75, 3.05) is 0 Å². The molecule has 1 aromatic carbocycles. The number of rotatable bonds is 3. The molecule has 1 fully saturated rings. The Morgan fingerprint density at radius 3 is 2.71 bits per heavy atom. The van der Waals surface area contributed by atoms with Crippen molar-refractivity contribution in [3.63, 3.8) is 0 Å². The highest BCUT2D eigenvalue weighted by Crippen LogP contribution is 2.30. The summed E-state index contributed by atoms with van der Waals surface area (Å²) >= 11 is 5.82. The van der Waals surface area contributed by atoms with Crippen LogP contribution in [-0.2, 0) is 4.79 Å². The van der Waals surface area contributed by atoms with Crippen LogP contribution in [0.3, 0.4) is 0 Å². The van der Waals surface area contributed by atoms with Crippen LogP contribution in [0.25, 0.3) is 6.08 Å². The number of hydrogen-bond donors (Lipinski definition) is 0. The van der Waals surface area contributed by atoms with E-state index in [0.29, 0.717) is 0 Å². The minimum atomic E-state index is 0.144. The second kappa shape index (κ2) is 5.33. The lowest BCUT2D eigenvalue weighted by atomic mass is 10.0. The molecule has 1 aromatic rings. The van der Waals surface area contributed by atoms with Gasteiger partial charge in [0.15, 0.2) is 5.78 Å². The van der Waals surface area contributed by atoms with Crippen LogP contribution >= 0.6 is 11.6 Å². The molecule has 1 saturated carbocycles. The van der Waals surface area contributed by atoms with E-state index < -0.39 is 0 Å². The first kappa shape index (κ1) is 12.1. The summed E-state index contributed by atoms with van der Waals surface area (Å²) in [5.74, 6) is 0.422. The summed E-state index contributed by atoms with van der Waals surface area (Å²) in [6, 6.07) is 7.55. The standard InChI is InChI=1S/C15H15ClO/c1-2-3-12-6-7-13(15(12)17)10-11-4-8-14(16)9-5-11/h2,4-5,8-10,12H,1,3,6-7H2/b13-10+. The van der Waals surface area contributed by atoms with E-state index in [1.165, 1.54) is 0 Å². The topological polar surface area (TPSA) is 17.1 Å². The number of hydrogen-bond acceptors (Lipinski definition) is 1. The van der Waals surface area contributed by atoms with Gasteiger partial charge in [0.2, 0.25) is 0 Å². The predicted octanol–water partition coefficient (Wildman–Crippen LogP) is 4.28. The Morgan fingerprint density at radius 1 is 1.35 bits per heavy atom. The minimum absolute atomic E-state index is 0.144. The van der Waals surface area contributed by atoms with Gasteiger partial charge in [-0.3, -0.25) is 4.79 Å². The van der Waals surface area contributed by atoms with Gasteiger partial charge in [0.05, 0.1) is 0 Å². The van der Waals surface area contributed by atoms with Crippen LogP contribution in [0.1, 0.15) is 24.8 Å². The van der Waals surface area contributed by atoms with Crippen molar-refractivity contribution < 1.29 is 4.79 Å². The summed E-state index contributed by atoms with van der Waals surface area (Å²) in [5.41, 5.74) is 1.97. The Morgan fingerprint density at radius 2 is 2.06 bits per heavy atom. The van der Waals surface area contributed by atoms with Crippen LogP contribution in [0.5, 0.6) is 0 Å². The average molecular weight is 247 g/mol. The van der Waals surface area contributed by atoms with Crippen molar-refractivity contribution in [1.29, 1.82) is 0 Å². The highest BCUT2D eigenvalue weighted by molar-refractivity contribution is 6.30. The van der Waals surface area contributed by atoms with Gasteiger partial charge >= 0.3 is 0 Å². The molecule has 0 spiro atoms. The summed E-state index contributed by atoms with van der Waals surface area (Å²) in [6.45, 7) is 3.69. The van der Waals surface area contributed by atoms with Gasteiger partial charge in [-0.1, -0.05) is 29.8 Å². The van der Waals surface area contributed by atoms with E-state index in [0.717, 1.165) is 35.4 Å². The number of allylic oxidation sites excluding steroid dienone is 2. The zero-order valence-corrected chi connectivity index (χ0v) is 10.4. The molecule has 2 rings (SSSR count). The molecule has 0 bridgehead atoms. The van der Waals surface area contributed by atoms with E-state index in [4.69, 9.17) is 11.6 Å². The van der Waals surface area contributed by atoms with E-state index in [1.54, 1.807) is 0 Å². The molecule has 0 radical (unpaired) electrons. The SMILES string of the molecule is C=CCC1CC/C(=C\c2ccc(Cl)cc2)C1=O. The largest absolute Gasteiger partial charge is 0.294 e. The van der Waals surface area contributed by atoms with Gasteiger partial charge in [-0.2, -0.15) is 0 Å². The predicted molar refractivity (Wildman–Crippen MR) is 72.0 cm³/mol. The number of benzene rings is 1. The van der Waals surface area contributed by atoms with Crippen molar-refractivity contribution in [2.24, 2.45) is 5.92 Å². The molecule has 17 heavy (non-hydrogen) atoms. The average Bonchev–Trinajstić information content (AvgIpc) is 2.65. The van der Waals surface area contributed by atoms with E-state index in [2.05, 4.69) is 6.58 Å². The number of ketones is 1. The summed E-state index contributed by atoms with van der Waals surface area (Å²) in [7, 11) is 0. The van der Waals surface area contributed by atoms with Gasteiger partial charge in [0, 0.05) is 10.9 Å². The molecule has 0 aliphatic heterocycles. The molecule has 1 aliphatic carbocycles. The monoisotopic (exact) mass is 246 g/mol. The van der Waals surface area contributed by atoms with Crippen molar-refractivity contribution >= 4 is 23.5 Å². The molecule has 0 aromatic heterocycles. The van der Waals surface area contributed by atoms with Crippen LogP contribution in [-0.4, -0.2) is 5.78 Å². The molecule has 0 amide bonds. The normalized spacial score (nSPS) is 22.1. The van der Waals surface area contributed by atoms with E-state index in [1.807, 2.05) is 36.4 Å². The van der Waals surface area contributed by atoms with Gasteiger partial charge < -0.3 is 0 Å². The summed E-state index contributed by atoms with van der Waals surface area (Å²) in [4.78, 5) is 12.0. The third kappa shape index (κ3) is 2.86. The molecule has 88 valence electrons. The third-order valence-electron chi connectivity index (χ3n) is 3.11. The fourth-order valence-corrected chi connectivity index (χ4v) is 2.30. The van der Waals surface area contributed by atoms with Crippen LogP contribution in [0, 0.1) is 5.92 Å². The molecule has 1 nitrogen and oxygen atoms in total. The van der Waals surface area contributed by atoms with Crippen molar-refractivity contribution in [3.8, 4) is 0 Å². The number of halogens is 1. The highest BCUT2D eigenvalue weighted by Gasteiger charge is 2.27. The first-order valence-corrected chi connectivity index (χ1v) is 6.20. The maximum atomic E-state index is 12.0. The Bertz CT molecular complexity index is 456. The second-order valence-corrected chi connectivity index (χ2v) is 4.78. The van der Waals surface area contributed by atoms with Gasteiger partial charge in [-0.25, -0.2) is 0 Å². The van der Waals surface area contributed by atoms with Gasteiger partial charge in [0.25, 0.3) is 0 Å². The van der Waals surface area contributed by atoms with Crippen molar-refractivity contribution in [3.05, 3.63) is 53.1 Å². The molecule has 1 atom stereocenters. The number of Topliss-reactive ketones (excluding diaryl/α,β-unsaturated/α-hetero) is 1. The lowest BCUT2D eigenvalue weighted by molar-refractivity contribution is -0.117. The molecule has 0 heterocycles. The smallest absolute Gasteiger partial charge is 0.162 e. The van der Waals surface area contributed by atoms with Crippen molar-refractivity contribution in [2.45, 2.75) is 19.3 Å². The molecule has 1 aliphatic rings. The van der Waals surface area contributed by atoms with Crippen LogP contribution in [0.2, 0.25) is 5.02 Å². The molecule has 2 heteroatoms. The summed E-state index contributed by atoms with van der Waals surface area (Å²) in [6.07, 6.45) is 6.41. The van der Waals surface area contributed by atoms with Gasteiger partial charge in [0.1, 0.15) is 0 Å². The van der Waals surface area contributed by atoms with E-state index in [-0.39, 0.29) is 11.7 Å². The second-order valence-electron chi connectivity index (χ2n) is 4.35.